The summed E-state index contributed by atoms with van der Waals surface area (Å²) in [5.41, 5.74) is 1.30. The average molecular weight is 339 g/mol. The Morgan fingerprint density at radius 2 is 1.79 bits per heavy atom. The quantitative estimate of drug-likeness (QED) is 0.733. The molecule has 0 spiro atoms. The van der Waals surface area contributed by atoms with Crippen molar-refractivity contribution in [3.05, 3.63) is 72.8 Å². The number of fused-ring (bicyclic) bond motifs is 1. The monoisotopic (exact) mass is 339 g/mol. The van der Waals surface area contributed by atoms with Crippen LogP contribution in [-0.4, -0.2) is 18.4 Å². The molecular formula is C17H13N3O3S. The summed E-state index contributed by atoms with van der Waals surface area (Å²) in [5, 5.41) is 0. The van der Waals surface area contributed by atoms with E-state index in [-0.39, 0.29) is 6.54 Å². The van der Waals surface area contributed by atoms with Gasteiger partial charge in [0.05, 0.1) is 23.3 Å². The second kappa shape index (κ2) is 5.61. The van der Waals surface area contributed by atoms with Gasteiger partial charge in [0, 0.05) is 18.6 Å². The highest BCUT2D eigenvalue weighted by molar-refractivity contribution is 7.93. The van der Waals surface area contributed by atoms with Gasteiger partial charge in [-0.05, 0) is 48.0 Å². The second-order valence-corrected chi connectivity index (χ2v) is 7.11. The lowest BCUT2D eigenvalue weighted by molar-refractivity contribution is 0.479. The summed E-state index contributed by atoms with van der Waals surface area (Å²) in [6, 6.07) is 11.9. The molecule has 0 N–H and O–H groups in total. The highest BCUT2D eigenvalue weighted by atomic mass is 32.2. The van der Waals surface area contributed by atoms with E-state index in [0.717, 1.165) is 0 Å². The van der Waals surface area contributed by atoms with Crippen molar-refractivity contribution in [2.24, 2.45) is 0 Å². The molecule has 0 fully saturated rings. The average Bonchev–Trinajstić information content (AvgIpc) is 2.87. The molecule has 3 heterocycles. The van der Waals surface area contributed by atoms with E-state index < -0.39 is 10.0 Å². The van der Waals surface area contributed by atoms with Crippen molar-refractivity contribution in [3.8, 4) is 11.5 Å². The van der Waals surface area contributed by atoms with Crippen LogP contribution in [0.15, 0.2) is 72.1 Å². The Bertz CT molecular complexity index is 976. The molecule has 0 radical (unpaired) electrons. The molecule has 120 valence electrons. The number of rotatable bonds is 3. The Balaban J connectivity index is 1.68. The summed E-state index contributed by atoms with van der Waals surface area (Å²) in [6.45, 7) is 0.270. The third-order valence-electron chi connectivity index (χ3n) is 3.73. The van der Waals surface area contributed by atoms with Crippen molar-refractivity contribution >= 4 is 15.7 Å². The molecule has 0 amide bonds. The number of sulfonamides is 1. The standard InChI is InChI=1S/C17H13N3O3S/c21-24(22)17-4-3-15(23-16-2-1-7-19-11-16)10-13(17)12-20(24)14-5-8-18-9-6-14/h1-11H,12H2. The van der Waals surface area contributed by atoms with Crippen molar-refractivity contribution in [2.75, 3.05) is 4.31 Å². The maximum atomic E-state index is 12.7. The molecule has 0 unspecified atom stereocenters. The van der Waals surface area contributed by atoms with Gasteiger partial charge >= 0.3 is 0 Å². The van der Waals surface area contributed by atoms with Crippen LogP contribution in [0.2, 0.25) is 0 Å². The summed E-state index contributed by atoms with van der Waals surface area (Å²) in [5.74, 6) is 1.18. The Morgan fingerprint density at radius 3 is 2.54 bits per heavy atom. The second-order valence-electron chi connectivity index (χ2n) is 5.28. The minimum atomic E-state index is -3.55. The van der Waals surface area contributed by atoms with Crippen LogP contribution in [0.4, 0.5) is 5.69 Å². The molecular weight excluding hydrogens is 326 g/mol. The zero-order valence-corrected chi connectivity index (χ0v) is 13.3. The van der Waals surface area contributed by atoms with Gasteiger partial charge in [-0.1, -0.05) is 0 Å². The lowest BCUT2D eigenvalue weighted by atomic mass is 10.2. The smallest absolute Gasteiger partial charge is 0.264 e. The Hall–Kier alpha value is -2.93. The first-order valence-electron chi connectivity index (χ1n) is 7.28. The number of hydrogen-bond acceptors (Lipinski definition) is 5. The molecule has 0 aliphatic carbocycles. The Morgan fingerprint density at radius 1 is 0.958 bits per heavy atom. The summed E-state index contributed by atoms with van der Waals surface area (Å²) in [6.07, 6.45) is 6.41. The zero-order valence-electron chi connectivity index (χ0n) is 12.5. The molecule has 0 bridgehead atoms. The zero-order chi connectivity index (χ0) is 16.6. The molecule has 1 aromatic carbocycles. The number of pyridine rings is 2. The fourth-order valence-electron chi connectivity index (χ4n) is 2.64. The highest BCUT2D eigenvalue weighted by Crippen LogP contribution is 2.36. The lowest BCUT2D eigenvalue weighted by Gasteiger charge is -2.16. The molecule has 7 heteroatoms. The molecule has 1 aliphatic rings. The van der Waals surface area contributed by atoms with Gasteiger partial charge in [0.25, 0.3) is 10.0 Å². The van der Waals surface area contributed by atoms with Gasteiger partial charge in [0.2, 0.25) is 0 Å². The molecule has 24 heavy (non-hydrogen) atoms. The molecule has 6 nitrogen and oxygen atoms in total. The van der Waals surface area contributed by atoms with E-state index in [4.69, 9.17) is 4.74 Å². The van der Waals surface area contributed by atoms with Gasteiger partial charge in [-0.2, -0.15) is 0 Å². The van der Waals surface area contributed by atoms with Crippen molar-refractivity contribution < 1.29 is 13.2 Å². The molecule has 1 aliphatic heterocycles. The van der Waals surface area contributed by atoms with Crippen molar-refractivity contribution in [3.63, 3.8) is 0 Å². The molecule has 3 aromatic rings. The number of anilines is 1. The topological polar surface area (TPSA) is 72.4 Å². The molecule has 2 aromatic heterocycles. The molecule has 4 rings (SSSR count). The van der Waals surface area contributed by atoms with Gasteiger partial charge in [-0.3, -0.25) is 14.3 Å². The summed E-state index contributed by atoms with van der Waals surface area (Å²) >= 11 is 0. The van der Waals surface area contributed by atoms with Crippen LogP contribution in [0.25, 0.3) is 0 Å². The Labute approximate surface area is 139 Å². The SMILES string of the molecule is O=S1(=O)c2ccc(Oc3cccnc3)cc2CN1c1ccncc1. The third-order valence-corrected chi connectivity index (χ3v) is 5.61. The number of ether oxygens (including phenoxy) is 1. The normalized spacial score (nSPS) is 15.1. The number of hydrogen-bond donors (Lipinski definition) is 0. The van der Waals surface area contributed by atoms with Crippen LogP contribution in [0.5, 0.6) is 11.5 Å². The van der Waals surface area contributed by atoms with Crippen LogP contribution in [0.3, 0.4) is 0 Å². The van der Waals surface area contributed by atoms with Gasteiger partial charge in [-0.25, -0.2) is 8.42 Å². The lowest BCUT2D eigenvalue weighted by Crippen LogP contribution is -2.23. The van der Waals surface area contributed by atoms with Crippen LogP contribution < -0.4 is 9.04 Å². The van der Waals surface area contributed by atoms with E-state index in [9.17, 15) is 8.42 Å². The van der Waals surface area contributed by atoms with Crippen LogP contribution >= 0.6 is 0 Å². The largest absolute Gasteiger partial charge is 0.456 e. The van der Waals surface area contributed by atoms with Crippen LogP contribution in [-0.2, 0) is 16.6 Å². The van der Waals surface area contributed by atoms with Gasteiger partial charge in [0.15, 0.2) is 0 Å². The summed E-state index contributed by atoms with van der Waals surface area (Å²) in [4.78, 5) is 8.22. The van der Waals surface area contributed by atoms with Gasteiger partial charge in [-0.15, -0.1) is 0 Å². The minimum Gasteiger partial charge on any atom is -0.456 e. The van der Waals surface area contributed by atoms with E-state index in [0.29, 0.717) is 27.6 Å². The summed E-state index contributed by atoms with van der Waals surface area (Å²) < 4.78 is 32.5. The molecule has 0 saturated heterocycles. The first-order chi connectivity index (χ1) is 11.6. The number of nitrogens with zero attached hydrogens (tertiary/aromatic N) is 3. The molecule has 0 atom stereocenters. The van der Waals surface area contributed by atoms with Crippen LogP contribution in [0.1, 0.15) is 5.56 Å². The third kappa shape index (κ3) is 2.48. The van der Waals surface area contributed by atoms with E-state index in [2.05, 4.69) is 9.97 Å². The maximum absolute atomic E-state index is 12.7. The van der Waals surface area contributed by atoms with E-state index in [1.165, 1.54) is 4.31 Å². The summed E-state index contributed by atoms with van der Waals surface area (Å²) in [7, 11) is -3.55. The molecule has 0 saturated carbocycles. The first kappa shape index (κ1) is 14.6. The predicted molar refractivity (Wildman–Crippen MR) is 88.4 cm³/mol. The fraction of sp³-hybridized carbons (Fsp3) is 0.0588. The van der Waals surface area contributed by atoms with Crippen molar-refractivity contribution in [1.82, 2.24) is 9.97 Å². The highest BCUT2D eigenvalue weighted by Gasteiger charge is 2.35. The van der Waals surface area contributed by atoms with Crippen LogP contribution in [0, 0.1) is 0 Å². The van der Waals surface area contributed by atoms with Crippen molar-refractivity contribution in [1.29, 1.82) is 0 Å². The van der Waals surface area contributed by atoms with E-state index >= 15 is 0 Å². The van der Waals surface area contributed by atoms with E-state index in [1.54, 1.807) is 67.3 Å². The van der Waals surface area contributed by atoms with Gasteiger partial charge in [0.1, 0.15) is 11.5 Å². The van der Waals surface area contributed by atoms with Crippen molar-refractivity contribution in [2.45, 2.75) is 11.4 Å². The Kier molecular flexibility index (Phi) is 3.42. The fourth-order valence-corrected chi connectivity index (χ4v) is 4.28. The number of benzene rings is 1. The number of aromatic nitrogens is 2. The van der Waals surface area contributed by atoms with Gasteiger partial charge < -0.3 is 4.74 Å². The first-order valence-corrected chi connectivity index (χ1v) is 8.72. The minimum absolute atomic E-state index is 0.270. The van der Waals surface area contributed by atoms with E-state index in [1.807, 2.05) is 0 Å². The maximum Gasteiger partial charge on any atom is 0.264 e. The predicted octanol–water partition coefficient (Wildman–Crippen LogP) is 2.98.